The number of thiophene rings is 1. The molecule has 21 heavy (non-hydrogen) atoms. The third-order valence-corrected chi connectivity index (χ3v) is 4.69. The van der Waals surface area contributed by atoms with Gasteiger partial charge >= 0.3 is 0 Å². The van der Waals surface area contributed by atoms with Crippen LogP contribution in [0.4, 0.5) is 5.82 Å². The summed E-state index contributed by atoms with van der Waals surface area (Å²) in [7, 11) is 0. The van der Waals surface area contributed by atoms with Crippen LogP contribution in [-0.4, -0.2) is 41.0 Å². The standard InChI is InChI=1S/C15H23ClN4S/c1-4-20(5-2)9-7-6-8-17-13-12-10-11(3)21-14(12)19-15(16)18-13/h10H,4-9H2,1-3H3,(H,17,18,19). The Morgan fingerprint density at radius 3 is 2.71 bits per heavy atom. The van der Waals surface area contributed by atoms with E-state index < -0.39 is 0 Å². The number of halogens is 1. The minimum Gasteiger partial charge on any atom is -0.369 e. The summed E-state index contributed by atoms with van der Waals surface area (Å²) in [5.41, 5.74) is 0. The van der Waals surface area contributed by atoms with Crippen molar-refractivity contribution in [1.29, 1.82) is 0 Å². The Balaban J connectivity index is 1.89. The number of nitrogens with zero attached hydrogens (tertiary/aromatic N) is 3. The molecule has 0 saturated carbocycles. The fraction of sp³-hybridized carbons (Fsp3) is 0.600. The maximum Gasteiger partial charge on any atom is 0.225 e. The second-order valence-electron chi connectivity index (χ2n) is 5.08. The largest absolute Gasteiger partial charge is 0.369 e. The van der Waals surface area contributed by atoms with E-state index in [1.807, 2.05) is 0 Å². The zero-order valence-electron chi connectivity index (χ0n) is 12.9. The molecule has 0 bridgehead atoms. The van der Waals surface area contributed by atoms with Crippen molar-refractivity contribution in [2.45, 2.75) is 33.6 Å². The molecule has 0 unspecified atom stereocenters. The number of rotatable bonds is 8. The molecule has 2 rings (SSSR count). The van der Waals surface area contributed by atoms with E-state index in [4.69, 9.17) is 11.6 Å². The Kier molecular flexibility index (Phi) is 6.21. The Hall–Kier alpha value is -0.910. The molecule has 4 nitrogen and oxygen atoms in total. The molecule has 0 saturated heterocycles. The number of hydrogen-bond donors (Lipinski definition) is 1. The zero-order chi connectivity index (χ0) is 15.2. The first-order valence-electron chi connectivity index (χ1n) is 7.54. The Morgan fingerprint density at radius 1 is 1.24 bits per heavy atom. The predicted octanol–water partition coefficient (Wildman–Crippen LogP) is 4.19. The molecule has 116 valence electrons. The van der Waals surface area contributed by atoms with E-state index in [-0.39, 0.29) is 0 Å². The van der Waals surface area contributed by atoms with Gasteiger partial charge < -0.3 is 10.2 Å². The molecule has 2 heterocycles. The molecule has 2 aromatic heterocycles. The minimum atomic E-state index is 0.315. The second-order valence-corrected chi connectivity index (χ2v) is 6.65. The highest BCUT2D eigenvalue weighted by Gasteiger charge is 2.09. The van der Waals surface area contributed by atoms with Gasteiger partial charge in [-0.05, 0) is 57.1 Å². The summed E-state index contributed by atoms with van der Waals surface area (Å²) in [5, 5.41) is 4.79. The second kappa shape index (κ2) is 7.92. The summed E-state index contributed by atoms with van der Waals surface area (Å²) in [5.74, 6) is 0.859. The van der Waals surface area contributed by atoms with Crippen molar-refractivity contribution in [2.24, 2.45) is 0 Å². The number of fused-ring (bicyclic) bond motifs is 1. The van der Waals surface area contributed by atoms with E-state index in [1.54, 1.807) is 11.3 Å². The van der Waals surface area contributed by atoms with Crippen LogP contribution in [0.5, 0.6) is 0 Å². The highest BCUT2D eigenvalue weighted by Crippen LogP contribution is 2.29. The lowest BCUT2D eigenvalue weighted by molar-refractivity contribution is 0.298. The lowest BCUT2D eigenvalue weighted by atomic mass is 10.2. The maximum atomic E-state index is 5.99. The predicted molar refractivity (Wildman–Crippen MR) is 92.7 cm³/mol. The van der Waals surface area contributed by atoms with Gasteiger partial charge in [0.2, 0.25) is 5.28 Å². The number of anilines is 1. The number of unbranched alkanes of at least 4 members (excludes halogenated alkanes) is 1. The molecule has 0 atom stereocenters. The summed E-state index contributed by atoms with van der Waals surface area (Å²) in [6, 6.07) is 2.12. The number of hydrogen-bond acceptors (Lipinski definition) is 5. The molecule has 0 aliphatic heterocycles. The van der Waals surface area contributed by atoms with Gasteiger partial charge in [0.1, 0.15) is 10.6 Å². The van der Waals surface area contributed by atoms with Gasteiger partial charge in [-0.15, -0.1) is 11.3 Å². The summed E-state index contributed by atoms with van der Waals surface area (Å²) >= 11 is 7.64. The molecule has 0 spiro atoms. The van der Waals surface area contributed by atoms with E-state index in [0.717, 1.165) is 48.6 Å². The quantitative estimate of drug-likeness (QED) is 0.583. The molecule has 0 aliphatic carbocycles. The van der Waals surface area contributed by atoms with Crippen molar-refractivity contribution in [3.8, 4) is 0 Å². The van der Waals surface area contributed by atoms with Gasteiger partial charge in [-0.2, -0.15) is 0 Å². The van der Waals surface area contributed by atoms with Gasteiger partial charge in [0.15, 0.2) is 0 Å². The molecule has 0 aromatic carbocycles. The first-order chi connectivity index (χ1) is 10.1. The molecule has 1 N–H and O–H groups in total. The van der Waals surface area contributed by atoms with Gasteiger partial charge in [-0.1, -0.05) is 13.8 Å². The average molecular weight is 327 g/mol. The van der Waals surface area contributed by atoms with Crippen LogP contribution in [0.3, 0.4) is 0 Å². The molecule has 6 heteroatoms. The van der Waals surface area contributed by atoms with Crippen LogP contribution in [0.15, 0.2) is 6.07 Å². The molecule has 0 amide bonds. The fourth-order valence-corrected chi connectivity index (χ4v) is 3.46. The van der Waals surface area contributed by atoms with Gasteiger partial charge in [0.05, 0.1) is 5.39 Å². The third kappa shape index (κ3) is 4.53. The van der Waals surface area contributed by atoms with Gasteiger partial charge in [0, 0.05) is 11.4 Å². The van der Waals surface area contributed by atoms with Crippen molar-refractivity contribution in [3.05, 3.63) is 16.2 Å². The van der Waals surface area contributed by atoms with Crippen LogP contribution in [0.25, 0.3) is 10.2 Å². The minimum absolute atomic E-state index is 0.315. The van der Waals surface area contributed by atoms with E-state index in [2.05, 4.69) is 47.0 Å². The smallest absolute Gasteiger partial charge is 0.225 e. The van der Waals surface area contributed by atoms with Crippen LogP contribution in [0.1, 0.15) is 31.6 Å². The van der Waals surface area contributed by atoms with Crippen LogP contribution in [0, 0.1) is 6.92 Å². The maximum absolute atomic E-state index is 5.99. The number of nitrogens with one attached hydrogen (secondary N) is 1. The lowest BCUT2D eigenvalue weighted by Crippen LogP contribution is -2.24. The van der Waals surface area contributed by atoms with Crippen molar-refractivity contribution < 1.29 is 0 Å². The topological polar surface area (TPSA) is 41.0 Å². The molecule has 0 fully saturated rings. The highest BCUT2D eigenvalue weighted by molar-refractivity contribution is 7.18. The van der Waals surface area contributed by atoms with Crippen LogP contribution < -0.4 is 5.32 Å². The zero-order valence-corrected chi connectivity index (χ0v) is 14.5. The van der Waals surface area contributed by atoms with E-state index in [1.165, 1.54) is 11.3 Å². The summed E-state index contributed by atoms with van der Waals surface area (Å²) in [6.07, 6.45) is 2.32. The van der Waals surface area contributed by atoms with Crippen LogP contribution >= 0.6 is 22.9 Å². The van der Waals surface area contributed by atoms with Gasteiger partial charge in [-0.25, -0.2) is 9.97 Å². The number of aromatic nitrogens is 2. The first kappa shape index (κ1) is 16.5. The summed E-state index contributed by atoms with van der Waals surface area (Å²) in [6.45, 7) is 10.8. The van der Waals surface area contributed by atoms with E-state index >= 15 is 0 Å². The van der Waals surface area contributed by atoms with Gasteiger partial charge in [0.25, 0.3) is 0 Å². The SMILES string of the molecule is CCN(CC)CCCCNc1nc(Cl)nc2sc(C)cc12. The monoisotopic (exact) mass is 326 g/mol. The summed E-state index contributed by atoms with van der Waals surface area (Å²) in [4.78, 5) is 13.2. The Bertz CT molecular complexity index is 580. The molecule has 0 radical (unpaired) electrons. The Morgan fingerprint density at radius 2 is 2.00 bits per heavy atom. The van der Waals surface area contributed by atoms with Crippen LogP contribution in [-0.2, 0) is 0 Å². The number of aryl methyl sites for hydroxylation is 1. The van der Waals surface area contributed by atoms with Crippen molar-refractivity contribution >= 4 is 39.0 Å². The first-order valence-corrected chi connectivity index (χ1v) is 8.73. The van der Waals surface area contributed by atoms with Gasteiger partial charge in [-0.3, -0.25) is 0 Å². The molecular formula is C15H23ClN4S. The van der Waals surface area contributed by atoms with Crippen LogP contribution in [0.2, 0.25) is 5.28 Å². The summed E-state index contributed by atoms with van der Waals surface area (Å²) < 4.78 is 0. The molecule has 2 aromatic rings. The molecule has 0 aliphatic rings. The van der Waals surface area contributed by atoms with E-state index in [0.29, 0.717) is 5.28 Å². The van der Waals surface area contributed by atoms with Crippen molar-refractivity contribution in [1.82, 2.24) is 14.9 Å². The van der Waals surface area contributed by atoms with E-state index in [9.17, 15) is 0 Å². The normalized spacial score (nSPS) is 11.5. The fourth-order valence-electron chi connectivity index (χ4n) is 2.36. The third-order valence-electron chi connectivity index (χ3n) is 3.58. The average Bonchev–Trinajstić information content (AvgIpc) is 2.83. The lowest BCUT2D eigenvalue weighted by Gasteiger charge is -2.17. The highest BCUT2D eigenvalue weighted by atomic mass is 35.5. The Labute approximate surface area is 135 Å². The van der Waals surface area contributed by atoms with Crippen molar-refractivity contribution in [2.75, 3.05) is 31.5 Å². The molecular weight excluding hydrogens is 304 g/mol. The van der Waals surface area contributed by atoms with Crippen molar-refractivity contribution in [3.63, 3.8) is 0 Å².